The number of aryl methyl sites for hydroxylation is 1. The van der Waals surface area contributed by atoms with Crippen LogP contribution in [0.3, 0.4) is 0 Å². The summed E-state index contributed by atoms with van der Waals surface area (Å²) in [7, 11) is 1.75. The van der Waals surface area contributed by atoms with E-state index in [-0.39, 0.29) is 17.7 Å². The molecule has 0 fully saturated rings. The van der Waals surface area contributed by atoms with Crippen LogP contribution in [0.25, 0.3) is 0 Å². The van der Waals surface area contributed by atoms with E-state index >= 15 is 0 Å². The van der Waals surface area contributed by atoms with Crippen molar-refractivity contribution >= 4 is 34.8 Å². The van der Waals surface area contributed by atoms with Gasteiger partial charge in [0.15, 0.2) is 5.82 Å². The Morgan fingerprint density at radius 2 is 2.43 bits per heavy atom. The third-order valence-electron chi connectivity index (χ3n) is 3.52. The van der Waals surface area contributed by atoms with E-state index in [4.69, 9.17) is 0 Å². The Balaban J connectivity index is 1.79. The fourth-order valence-electron chi connectivity index (χ4n) is 2.40. The molecule has 2 N–H and O–H groups in total. The van der Waals surface area contributed by atoms with Gasteiger partial charge in [-0.1, -0.05) is 13.0 Å². The van der Waals surface area contributed by atoms with Crippen molar-refractivity contribution in [1.29, 1.82) is 0 Å². The van der Waals surface area contributed by atoms with Crippen molar-refractivity contribution in [3.8, 4) is 0 Å². The van der Waals surface area contributed by atoms with Crippen molar-refractivity contribution in [2.75, 3.05) is 10.6 Å². The van der Waals surface area contributed by atoms with Gasteiger partial charge in [0, 0.05) is 23.4 Å². The van der Waals surface area contributed by atoms with Gasteiger partial charge in [-0.15, -0.1) is 11.3 Å². The quantitative estimate of drug-likeness (QED) is 0.907. The normalized spacial score (nSPS) is 17.2. The molecule has 0 unspecified atom stereocenters. The van der Waals surface area contributed by atoms with Crippen molar-refractivity contribution in [3.63, 3.8) is 0 Å². The minimum atomic E-state index is -0.116. The zero-order valence-electron chi connectivity index (χ0n) is 11.8. The maximum Gasteiger partial charge on any atom is 0.230 e. The van der Waals surface area contributed by atoms with E-state index in [9.17, 15) is 9.59 Å². The molecule has 2 aromatic heterocycles. The van der Waals surface area contributed by atoms with Gasteiger partial charge >= 0.3 is 0 Å². The number of carbonyl (C=O) groups is 2. The first kappa shape index (κ1) is 13.8. The first-order valence-electron chi connectivity index (χ1n) is 6.73. The van der Waals surface area contributed by atoms with Gasteiger partial charge in [0.05, 0.1) is 6.42 Å². The molecule has 0 bridgehead atoms. The molecule has 0 aromatic carbocycles. The summed E-state index contributed by atoms with van der Waals surface area (Å²) < 4.78 is 1.60. The highest BCUT2D eigenvalue weighted by molar-refractivity contribution is 7.10. The minimum Gasteiger partial charge on any atom is -0.310 e. The summed E-state index contributed by atoms with van der Waals surface area (Å²) in [5, 5.41) is 11.9. The zero-order valence-corrected chi connectivity index (χ0v) is 12.7. The second-order valence-electron chi connectivity index (χ2n) is 5.20. The largest absolute Gasteiger partial charge is 0.310 e. The van der Waals surface area contributed by atoms with E-state index in [0.29, 0.717) is 24.5 Å². The summed E-state index contributed by atoms with van der Waals surface area (Å²) in [6, 6.07) is 3.85. The zero-order chi connectivity index (χ0) is 15.0. The van der Waals surface area contributed by atoms with Gasteiger partial charge in [-0.05, 0) is 17.9 Å². The van der Waals surface area contributed by atoms with Crippen LogP contribution in [0, 0.1) is 5.92 Å². The smallest absolute Gasteiger partial charge is 0.230 e. The van der Waals surface area contributed by atoms with Crippen LogP contribution in [-0.4, -0.2) is 21.6 Å². The molecule has 0 saturated heterocycles. The minimum absolute atomic E-state index is 0.0121. The molecule has 21 heavy (non-hydrogen) atoms. The van der Waals surface area contributed by atoms with E-state index in [0.717, 1.165) is 10.4 Å². The van der Waals surface area contributed by atoms with Gasteiger partial charge in [0.25, 0.3) is 0 Å². The number of thiophene rings is 1. The highest BCUT2D eigenvalue weighted by atomic mass is 32.1. The summed E-state index contributed by atoms with van der Waals surface area (Å²) in [5.41, 5.74) is 0.893. The van der Waals surface area contributed by atoms with E-state index in [1.165, 1.54) is 0 Å². The number of rotatable bonds is 3. The van der Waals surface area contributed by atoms with Gasteiger partial charge in [0.2, 0.25) is 11.8 Å². The maximum absolute atomic E-state index is 12.1. The predicted octanol–water partition coefficient (Wildman–Crippen LogP) is 1.79. The van der Waals surface area contributed by atoms with Gasteiger partial charge in [-0.2, -0.15) is 5.10 Å². The molecule has 0 radical (unpaired) electrons. The number of fused-ring (bicyclic) bond motifs is 1. The van der Waals surface area contributed by atoms with E-state index in [1.54, 1.807) is 23.1 Å². The number of nitrogens with one attached hydrogen (secondary N) is 2. The van der Waals surface area contributed by atoms with E-state index < -0.39 is 0 Å². The Hall–Kier alpha value is -2.15. The van der Waals surface area contributed by atoms with Crippen LogP contribution in [0.1, 0.15) is 17.4 Å². The standard InChI is InChI=1S/C14H16N4O2S/c1-8-6-10-12(17-18(2)13(10)16-14(8)20)15-11(19)7-9-4-3-5-21-9/h3-5,8H,6-7H2,1-2H3,(H,16,20)(H,15,17,19)/t8-/m0/s1. The molecule has 0 saturated carbocycles. The maximum atomic E-state index is 12.1. The molecule has 2 amide bonds. The lowest BCUT2D eigenvalue weighted by Gasteiger charge is -2.19. The summed E-state index contributed by atoms with van der Waals surface area (Å²) in [5.74, 6) is 0.991. The van der Waals surface area contributed by atoms with E-state index in [1.807, 2.05) is 24.4 Å². The molecular formula is C14H16N4O2S. The molecule has 1 aliphatic rings. The average Bonchev–Trinajstić information content (AvgIpc) is 3.01. The SMILES string of the molecule is C[C@H]1Cc2c(NC(=O)Cc3cccs3)nn(C)c2NC1=O. The molecule has 2 aromatic rings. The first-order valence-corrected chi connectivity index (χ1v) is 7.61. The third-order valence-corrected chi connectivity index (χ3v) is 4.39. The van der Waals surface area contributed by atoms with Crippen LogP contribution in [0.5, 0.6) is 0 Å². The van der Waals surface area contributed by atoms with Crippen LogP contribution < -0.4 is 10.6 Å². The summed E-state index contributed by atoms with van der Waals surface area (Å²) >= 11 is 1.55. The topological polar surface area (TPSA) is 76.0 Å². The fourth-order valence-corrected chi connectivity index (χ4v) is 3.11. The van der Waals surface area contributed by atoms with Gasteiger partial charge in [0.1, 0.15) is 5.82 Å². The van der Waals surface area contributed by atoms with Crippen molar-refractivity contribution in [2.24, 2.45) is 13.0 Å². The number of hydrogen-bond donors (Lipinski definition) is 2. The van der Waals surface area contributed by atoms with Crippen LogP contribution >= 0.6 is 11.3 Å². The highest BCUT2D eigenvalue weighted by Crippen LogP contribution is 2.31. The van der Waals surface area contributed by atoms with Crippen LogP contribution in [0.4, 0.5) is 11.6 Å². The molecule has 0 aliphatic carbocycles. The Bertz CT molecular complexity index is 690. The summed E-state index contributed by atoms with van der Waals surface area (Å²) in [4.78, 5) is 24.8. The van der Waals surface area contributed by atoms with Gasteiger partial charge < -0.3 is 10.6 Å². The molecule has 3 rings (SSSR count). The fraction of sp³-hybridized carbons (Fsp3) is 0.357. The molecule has 110 valence electrons. The first-order chi connectivity index (χ1) is 10.0. The second kappa shape index (κ2) is 5.33. The van der Waals surface area contributed by atoms with Gasteiger partial charge in [-0.25, -0.2) is 0 Å². The number of anilines is 2. The van der Waals surface area contributed by atoms with Crippen molar-refractivity contribution < 1.29 is 9.59 Å². The molecular weight excluding hydrogens is 288 g/mol. The number of aromatic nitrogens is 2. The van der Waals surface area contributed by atoms with Crippen LogP contribution in [-0.2, 0) is 29.5 Å². The van der Waals surface area contributed by atoms with Crippen LogP contribution in [0.15, 0.2) is 17.5 Å². The monoisotopic (exact) mass is 304 g/mol. The van der Waals surface area contributed by atoms with Crippen molar-refractivity contribution in [1.82, 2.24) is 9.78 Å². The Morgan fingerprint density at radius 3 is 3.14 bits per heavy atom. The average molecular weight is 304 g/mol. The molecule has 1 aliphatic heterocycles. The predicted molar refractivity (Wildman–Crippen MR) is 81.4 cm³/mol. The van der Waals surface area contributed by atoms with Gasteiger partial charge in [-0.3, -0.25) is 14.3 Å². The third kappa shape index (κ3) is 2.69. The highest BCUT2D eigenvalue weighted by Gasteiger charge is 2.29. The lowest BCUT2D eigenvalue weighted by molar-refractivity contribution is -0.119. The Kier molecular flexibility index (Phi) is 3.50. The number of hydrogen-bond acceptors (Lipinski definition) is 4. The number of nitrogens with zero attached hydrogens (tertiary/aromatic N) is 2. The lowest BCUT2D eigenvalue weighted by atomic mass is 9.98. The number of carbonyl (C=O) groups excluding carboxylic acids is 2. The molecule has 1 atom stereocenters. The Morgan fingerprint density at radius 1 is 1.62 bits per heavy atom. The van der Waals surface area contributed by atoms with Crippen LogP contribution in [0.2, 0.25) is 0 Å². The molecule has 0 spiro atoms. The molecule has 6 nitrogen and oxygen atoms in total. The lowest BCUT2D eigenvalue weighted by Crippen LogP contribution is -2.28. The second-order valence-corrected chi connectivity index (χ2v) is 6.23. The summed E-state index contributed by atoms with van der Waals surface area (Å²) in [6.45, 7) is 1.86. The molecule has 7 heteroatoms. The molecule has 3 heterocycles. The van der Waals surface area contributed by atoms with E-state index in [2.05, 4.69) is 15.7 Å². The Labute approximate surface area is 126 Å². The summed E-state index contributed by atoms with van der Waals surface area (Å²) in [6.07, 6.45) is 0.925. The number of amides is 2. The van der Waals surface area contributed by atoms with Crippen molar-refractivity contribution in [3.05, 3.63) is 28.0 Å². The van der Waals surface area contributed by atoms with Crippen molar-refractivity contribution in [2.45, 2.75) is 19.8 Å².